The molecule has 4 nitrogen and oxygen atoms in total. The standard InChI is InChI=1S/C10H5FO4/c11-5-2-1-3-7-9(5)6(12)4-8(15-7)10(13)14/h1-4H,(H,13,14). The van der Waals surface area contributed by atoms with Crippen LogP contribution in [0.2, 0.25) is 0 Å². The van der Waals surface area contributed by atoms with Crippen molar-refractivity contribution in [2.24, 2.45) is 0 Å². The van der Waals surface area contributed by atoms with Crippen molar-refractivity contribution in [2.75, 3.05) is 0 Å². The van der Waals surface area contributed by atoms with Gasteiger partial charge in [-0.1, -0.05) is 6.07 Å². The van der Waals surface area contributed by atoms with E-state index in [0.29, 0.717) is 0 Å². The second-order valence-corrected chi connectivity index (χ2v) is 2.89. The molecular weight excluding hydrogens is 203 g/mol. The van der Waals surface area contributed by atoms with Crippen molar-refractivity contribution in [3.63, 3.8) is 0 Å². The van der Waals surface area contributed by atoms with Crippen molar-refractivity contribution in [3.05, 3.63) is 46.1 Å². The number of aromatic carboxylic acids is 1. The third kappa shape index (κ3) is 1.48. The zero-order chi connectivity index (χ0) is 11.0. The number of fused-ring (bicyclic) bond motifs is 1. The average molecular weight is 208 g/mol. The Labute approximate surface area is 82.6 Å². The van der Waals surface area contributed by atoms with E-state index >= 15 is 0 Å². The molecule has 5 heteroatoms. The van der Waals surface area contributed by atoms with Crippen LogP contribution in [0.3, 0.4) is 0 Å². The molecule has 0 bridgehead atoms. The molecule has 1 aromatic carbocycles. The van der Waals surface area contributed by atoms with Crippen molar-refractivity contribution in [1.82, 2.24) is 0 Å². The van der Waals surface area contributed by atoms with Crippen LogP contribution in [0.4, 0.5) is 4.39 Å². The van der Waals surface area contributed by atoms with Crippen molar-refractivity contribution in [2.45, 2.75) is 0 Å². The number of halogens is 1. The van der Waals surface area contributed by atoms with Crippen molar-refractivity contribution in [1.29, 1.82) is 0 Å². The number of benzene rings is 1. The fourth-order valence-corrected chi connectivity index (χ4v) is 1.27. The van der Waals surface area contributed by atoms with Gasteiger partial charge < -0.3 is 9.52 Å². The first kappa shape index (κ1) is 9.39. The van der Waals surface area contributed by atoms with Crippen LogP contribution in [-0.4, -0.2) is 11.1 Å². The highest BCUT2D eigenvalue weighted by Crippen LogP contribution is 2.15. The largest absolute Gasteiger partial charge is 0.475 e. The Morgan fingerprint density at radius 1 is 1.40 bits per heavy atom. The summed E-state index contributed by atoms with van der Waals surface area (Å²) in [6.45, 7) is 0. The Kier molecular flexibility index (Phi) is 2.00. The Hall–Kier alpha value is -2.17. The molecular formula is C10H5FO4. The van der Waals surface area contributed by atoms with E-state index in [4.69, 9.17) is 9.52 Å². The monoisotopic (exact) mass is 208 g/mol. The van der Waals surface area contributed by atoms with Crippen molar-refractivity contribution >= 4 is 16.9 Å². The molecule has 0 unspecified atom stereocenters. The predicted molar refractivity (Wildman–Crippen MR) is 49.4 cm³/mol. The number of hydrogen-bond acceptors (Lipinski definition) is 3. The minimum absolute atomic E-state index is 0.0695. The Balaban J connectivity index is 2.91. The number of carboxylic acid groups (broad SMARTS) is 1. The lowest BCUT2D eigenvalue weighted by atomic mass is 10.2. The SMILES string of the molecule is O=C(O)c1cc(=O)c2c(F)cccc2o1. The van der Waals surface area contributed by atoms with E-state index in [1.54, 1.807) is 0 Å². The molecule has 2 aromatic rings. The molecule has 0 saturated carbocycles. The van der Waals surface area contributed by atoms with Crippen molar-refractivity contribution in [3.8, 4) is 0 Å². The third-order valence-corrected chi connectivity index (χ3v) is 1.91. The summed E-state index contributed by atoms with van der Waals surface area (Å²) in [5.41, 5.74) is -0.772. The molecule has 0 spiro atoms. The first-order chi connectivity index (χ1) is 7.09. The van der Waals surface area contributed by atoms with E-state index < -0.39 is 23.0 Å². The lowest BCUT2D eigenvalue weighted by molar-refractivity contribution is 0.0663. The van der Waals surface area contributed by atoms with E-state index in [-0.39, 0.29) is 11.0 Å². The molecule has 0 fully saturated rings. The molecule has 0 saturated heterocycles. The zero-order valence-electron chi connectivity index (χ0n) is 7.36. The van der Waals surface area contributed by atoms with Gasteiger partial charge in [0.2, 0.25) is 5.76 Å². The van der Waals surface area contributed by atoms with Crippen LogP contribution in [0, 0.1) is 5.82 Å². The smallest absolute Gasteiger partial charge is 0.371 e. The summed E-state index contributed by atoms with van der Waals surface area (Å²) < 4.78 is 18.0. The predicted octanol–water partition coefficient (Wildman–Crippen LogP) is 1.63. The van der Waals surface area contributed by atoms with Gasteiger partial charge in [-0.2, -0.15) is 0 Å². The van der Waals surface area contributed by atoms with Gasteiger partial charge in [-0.05, 0) is 12.1 Å². The lowest BCUT2D eigenvalue weighted by Crippen LogP contribution is -2.07. The summed E-state index contributed by atoms with van der Waals surface area (Å²) in [6, 6.07) is 4.55. The first-order valence-corrected chi connectivity index (χ1v) is 4.05. The molecule has 0 aliphatic heterocycles. The minimum Gasteiger partial charge on any atom is -0.475 e. The van der Waals surface area contributed by atoms with Crippen LogP contribution < -0.4 is 5.43 Å². The van der Waals surface area contributed by atoms with Gasteiger partial charge in [-0.25, -0.2) is 9.18 Å². The Morgan fingerprint density at radius 3 is 2.80 bits per heavy atom. The van der Waals surface area contributed by atoms with Gasteiger partial charge in [0.1, 0.15) is 16.8 Å². The fraction of sp³-hybridized carbons (Fsp3) is 0. The van der Waals surface area contributed by atoms with Crippen LogP contribution in [-0.2, 0) is 0 Å². The van der Waals surface area contributed by atoms with Gasteiger partial charge in [-0.15, -0.1) is 0 Å². The zero-order valence-corrected chi connectivity index (χ0v) is 7.36. The maximum atomic E-state index is 13.2. The lowest BCUT2D eigenvalue weighted by Gasteiger charge is -1.98. The summed E-state index contributed by atoms with van der Waals surface area (Å²) >= 11 is 0. The molecule has 0 radical (unpaired) electrons. The molecule has 0 atom stereocenters. The van der Waals surface area contributed by atoms with Gasteiger partial charge in [0.15, 0.2) is 5.43 Å². The highest BCUT2D eigenvalue weighted by atomic mass is 19.1. The maximum absolute atomic E-state index is 13.2. The molecule has 1 aromatic heterocycles. The van der Waals surface area contributed by atoms with Crippen LogP contribution in [0.5, 0.6) is 0 Å². The Morgan fingerprint density at radius 2 is 2.13 bits per heavy atom. The van der Waals surface area contributed by atoms with Crippen LogP contribution in [0.15, 0.2) is 33.5 Å². The fourth-order valence-electron chi connectivity index (χ4n) is 1.27. The normalized spacial score (nSPS) is 10.5. The van der Waals surface area contributed by atoms with Crippen LogP contribution in [0.1, 0.15) is 10.6 Å². The molecule has 1 N–H and O–H groups in total. The van der Waals surface area contributed by atoms with E-state index in [0.717, 1.165) is 12.1 Å². The highest BCUT2D eigenvalue weighted by Gasteiger charge is 2.12. The van der Waals surface area contributed by atoms with Gasteiger partial charge >= 0.3 is 5.97 Å². The molecule has 2 rings (SSSR count). The van der Waals surface area contributed by atoms with Crippen LogP contribution >= 0.6 is 0 Å². The molecule has 1 heterocycles. The first-order valence-electron chi connectivity index (χ1n) is 4.05. The van der Waals surface area contributed by atoms with E-state index in [1.165, 1.54) is 12.1 Å². The summed E-state index contributed by atoms with van der Waals surface area (Å²) in [5, 5.41) is 8.38. The van der Waals surface area contributed by atoms with Crippen LogP contribution in [0.25, 0.3) is 11.0 Å². The summed E-state index contributed by atoms with van der Waals surface area (Å²) in [7, 11) is 0. The molecule has 76 valence electrons. The van der Waals surface area contributed by atoms with E-state index in [9.17, 15) is 14.0 Å². The van der Waals surface area contributed by atoms with E-state index in [1.807, 2.05) is 0 Å². The molecule has 15 heavy (non-hydrogen) atoms. The molecule has 0 aliphatic rings. The molecule has 0 amide bonds. The summed E-state index contributed by atoms with van der Waals surface area (Å²) in [6.07, 6.45) is 0. The summed E-state index contributed by atoms with van der Waals surface area (Å²) in [4.78, 5) is 21.9. The van der Waals surface area contributed by atoms with Gasteiger partial charge in [0.05, 0.1) is 0 Å². The van der Waals surface area contributed by atoms with Crippen molar-refractivity contribution < 1.29 is 18.7 Å². The third-order valence-electron chi connectivity index (χ3n) is 1.91. The molecule has 0 aliphatic carbocycles. The number of carbonyl (C=O) groups is 1. The van der Waals surface area contributed by atoms with Gasteiger partial charge in [0, 0.05) is 6.07 Å². The minimum atomic E-state index is -1.36. The Bertz CT molecular complexity index is 600. The second kappa shape index (κ2) is 3.20. The quantitative estimate of drug-likeness (QED) is 0.773. The number of hydrogen-bond donors (Lipinski definition) is 1. The topological polar surface area (TPSA) is 67.5 Å². The average Bonchev–Trinajstić information content (AvgIpc) is 2.17. The van der Waals surface area contributed by atoms with E-state index in [2.05, 4.69) is 0 Å². The number of carboxylic acids is 1. The maximum Gasteiger partial charge on any atom is 0.371 e. The number of rotatable bonds is 1. The highest BCUT2D eigenvalue weighted by molar-refractivity contribution is 5.87. The second-order valence-electron chi connectivity index (χ2n) is 2.89. The van der Waals surface area contributed by atoms with Gasteiger partial charge in [0.25, 0.3) is 0 Å². The van der Waals surface area contributed by atoms with Gasteiger partial charge in [-0.3, -0.25) is 4.79 Å². The summed E-state index contributed by atoms with van der Waals surface area (Å²) in [5.74, 6) is -2.59.